The Morgan fingerprint density at radius 2 is 1.89 bits per heavy atom. The maximum absolute atomic E-state index is 11.5. The summed E-state index contributed by atoms with van der Waals surface area (Å²) in [5.74, 6) is -0.230. The summed E-state index contributed by atoms with van der Waals surface area (Å²) in [4.78, 5) is 22.7. The first-order valence-corrected chi connectivity index (χ1v) is 6.59. The molecule has 0 aliphatic carbocycles. The molecule has 0 aromatic heterocycles. The molecular weight excluding hydrogens is 289 g/mol. The van der Waals surface area contributed by atoms with Gasteiger partial charge >= 0.3 is 6.03 Å². The highest BCUT2D eigenvalue weighted by molar-refractivity contribution is 6.42. The van der Waals surface area contributed by atoms with Gasteiger partial charge < -0.3 is 5.32 Å². The van der Waals surface area contributed by atoms with Gasteiger partial charge in [-0.2, -0.15) is 0 Å². The number of amides is 3. The highest BCUT2D eigenvalue weighted by Crippen LogP contribution is 2.24. The number of carbonyl (C=O) groups is 2. The number of carbonyl (C=O) groups excluding carboxylic acids is 2. The summed E-state index contributed by atoms with van der Waals surface area (Å²) in [6, 6.07) is 4.14. The van der Waals surface area contributed by atoms with Crippen LogP contribution in [0.2, 0.25) is 10.0 Å². The van der Waals surface area contributed by atoms with E-state index in [1.54, 1.807) is 12.1 Å². The zero-order chi connectivity index (χ0) is 14.3. The summed E-state index contributed by atoms with van der Waals surface area (Å²) >= 11 is 11.6. The minimum atomic E-state index is -0.553. The Labute approximate surface area is 121 Å². The molecule has 0 unspecified atom stereocenters. The van der Waals surface area contributed by atoms with E-state index in [1.165, 1.54) is 6.07 Å². The number of rotatable bonds is 4. The number of urea groups is 1. The van der Waals surface area contributed by atoms with E-state index in [9.17, 15) is 9.59 Å². The molecule has 0 atom stereocenters. The van der Waals surface area contributed by atoms with Crippen molar-refractivity contribution in [3.63, 3.8) is 0 Å². The molecule has 0 aliphatic rings. The van der Waals surface area contributed by atoms with Crippen LogP contribution in [0, 0.1) is 0 Å². The third-order valence-corrected chi connectivity index (χ3v) is 2.99. The quantitative estimate of drug-likeness (QED) is 0.747. The summed E-state index contributed by atoms with van der Waals surface area (Å²) in [7, 11) is 0. The van der Waals surface area contributed by atoms with Crippen molar-refractivity contribution in [2.45, 2.75) is 26.2 Å². The lowest BCUT2D eigenvalue weighted by Gasteiger charge is -2.09. The number of halogens is 2. The van der Waals surface area contributed by atoms with E-state index in [0.29, 0.717) is 22.2 Å². The van der Waals surface area contributed by atoms with Crippen LogP contribution in [-0.4, -0.2) is 11.9 Å². The predicted molar refractivity (Wildman–Crippen MR) is 76.3 cm³/mol. The molecule has 1 aromatic rings. The van der Waals surface area contributed by atoms with E-state index in [-0.39, 0.29) is 5.91 Å². The number of hydrogen-bond acceptors (Lipinski definition) is 2. The zero-order valence-corrected chi connectivity index (χ0v) is 11.9. The highest BCUT2D eigenvalue weighted by Gasteiger charge is 2.05. The van der Waals surface area contributed by atoms with E-state index in [2.05, 4.69) is 16.2 Å². The Kier molecular flexibility index (Phi) is 6.45. The van der Waals surface area contributed by atoms with Crippen LogP contribution in [0.4, 0.5) is 10.5 Å². The second kappa shape index (κ2) is 7.86. The van der Waals surface area contributed by atoms with Crippen LogP contribution in [0.25, 0.3) is 0 Å². The maximum atomic E-state index is 11.5. The molecule has 7 heteroatoms. The average Bonchev–Trinajstić information content (AvgIpc) is 2.38. The number of hydrazine groups is 1. The molecule has 0 saturated heterocycles. The smallest absolute Gasteiger partial charge is 0.307 e. The summed E-state index contributed by atoms with van der Waals surface area (Å²) in [5, 5.41) is 3.26. The van der Waals surface area contributed by atoms with E-state index in [4.69, 9.17) is 23.2 Å². The van der Waals surface area contributed by atoms with Crippen molar-refractivity contribution < 1.29 is 9.59 Å². The fraction of sp³-hybridized carbons (Fsp3) is 0.333. The molecule has 0 fully saturated rings. The Balaban J connectivity index is 2.38. The van der Waals surface area contributed by atoms with Crippen LogP contribution in [0.5, 0.6) is 0 Å². The van der Waals surface area contributed by atoms with E-state index in [1.807, 2.05) is 6.92 Å². The van der Waals surface area contributed by atoms with Crippen LogP contribution < -0.4 is 16.2 Å². The normalized spacial score (nSPS) is 9.84. The molecule has 0 heterocycles. The Morgan fingerprint density at radius 3 is 2.53 bits per heavy atom. The molecule has 5 nitrogen and oxygen atoms in total. The van der Waals surface area contributed by atoms with Crippen molar-refractivity contribution in [1.82, 2.24) is 10.9 Å². The van der Waals surface area contributed by atoms with Crippen molar-refractivity contribution >= 4 is 40.8 Å². The lowest BCUT2D eigenvalue weighted by molar-refractivity contribution is -0.121. The molecule has 3 N–H and O–H groups in total. The summed E-state index contributed by atoms with van der Waals surface area (Å²) in [5.41, 5.74) is 5.03. The van der Waals surface area contributed by atoms with E-state index < -0.39 is 6.03 Å². The molecule has 1 rings (SSSR count). The molecule has 0 saturated carbocycles. The van der Waals surface area contributed by atoms with Crippen LogP contribution in [0.15, 0.2) is 18.2 Å². The molecule has 1 aromatic carbocycles. The van der Waals surface area contributed by atoms with Gasteiger partial charge in [-0.1, -0.05) is 36.5 Å². The number of benzene rings is 1. The predicted octanol–water partition coefficient (Wildman–Crippen LogP) is 3.34. The third kappa shape index (κ3) is 5.81. The van der Waals surface area contributed by atoms with Gasteiger partial charge in [0.25, 0.3) is 0 Å². The third-order valence-electron chi connectivity index (χ3n) is 2.25. The molecule has 0 bridgehead atoms. The highest BCUT2D eigenvalue weighted by atomic mass is 35.5. The van der Waals surface area contributed by atoms with Crippen LogP contribution >= 0.6 is 23.2 Å². The van der Waals surface area contributed by atoms with Gasteiger partial charge in [-0.3, -0.25) is 10.2 Å². The van der Waals surface area contributed by atoms with Crippen LogP contribution in [0.1, 0.15) is 26.2 Å². The summed E-state index contributed by atoms with van der Waals surface area (Å²) in [6.07, 6.45) is 2.08. The van der Waals surface area contributed by atoms with E-state index in [0.717, 1.165) is 12.8 Å². The summed E-state index contributed by atoms with van der Waals surface area (Å²) < 4.78 is 0. The molecule has 3 amide bonds. The van der Waals surface area contributed by atoms with Crippen molar-refractivity contribution in [3.05, 3.63) is 28.2 Å². The van der Waals surface area contributed by atoms with Gasteiger partial charge in [-0.15, -0.1) is 0 Å². The average molecular weight is 304 g/mol. The molecule has 0 spiro atoms. The second-order valence-corrected chi connectivity index (χ2v) is 4.67. The van der Waals surface area contributed by atoms with Crippen molar-refractivity contribution in [1.29, 1.82) is 0 Å². The molecule has 19 heavy (non-hydrogen) atoms. The number of nitrogens with one attached hydrogen (secondary N) is 3. The van der Waals surface area contributed by atoms with Crippen LogP contribution in [-0.2, 0) is 4.79 Å². The van der Waals surface area contributed by atoms with Crippen LogP contribution in [0.3, 0.4) is 0 Å². The SMILES string of the molecule is CCCCC(=O)NNC(=O)Nc1ccc(Cl)c(Cl)c1. The Bertz CT molecular complexity index is 466. The van der Waals surface area contributed by atoms with Crippen molar-refractivity contribution in [2.75, 3.05) is 5.32 Å². The largest absolute Gasteiger partial charge is 0.337 e. The van der Waals surface area contributed by atoms with Crippen molar-refractivity contribution in [3.8, 4) is 0 Å². The van der Waals surface area contributed by atoms with Gasteiger partial charge in [0.1, 0.15) is 0 Å². The fourth-order valence-corrected chi connectivity index (χ4v) is 1.56. The number of hydrogen-bond donors (Lipinski definition) is 3. The molecule has 0 aliphatic heterocycles. The lowest BCUT2D eigenvalue weighted by atomic mass is 10.2. The van der Waals surface area contributed by atoms with Gasteiger partial charge in [-0.05, 0) is 24.6 Å². The van der Waals surface area contributed by atoms with Gasteiger partial charge in [0.05, 0.1) is 10.0 Å². The first kappa shape index (κ1) is 15.6. The molecule has 104 valence electrons. The van der Waals surface area contributed by atoms with Gasteiger partial charge in [0, 0.05) is 12.1 Å². The zero-order valence-electron chi connectivity index (χ0n) is 10.4. The number of anilines is 1. The molecular formula is C12H15Cl2N3O2. The first-order valence-electron chi connectivity index (χ1n) is 5.83. The lowest BCUT2D eigenvalue weighted by Crippen LogP contribution is -2.43. The molecule has 0 radical (unpaired) electrons. The van der Waals surface area contributed by atoms with Gasteiger partial charge in [-0.25, -0.2) is 10.2 Å². The summed E-state index contributed by atoms with van der Waals surface area (Å²) in [6.45, 7) is 1.98. The minimum Gasteiger partial charge on any atom is -0.307 e. The fourth-order valence-electron chi connectivity index (χ4n) is 1.26. The van der Waals surface area contributed by atoms with E-state index >= 15 is 0 Å². The Morgan fingerprint density at radius 1 is 1.16 bits per heavy atom. The second-order valence-electron chi connectivity index (χ2n) is 3.86. The number of unbranched alkanes of at least 4 members (excludes halogenated alkanes) is 1. The first-order chi connectivity index (χ1) is 9.02. The van der Waals surface area contributed by atoms with Gasteiger partial charge in [0.15, 0.2) is 0 Å². The van der Waals surface area contributed by atoms with Gasteiger partial charge in [0.2, 0.25) is 5.91 Å². The topological polar surface area (TPSA) is 70.2 Å². The minimum absolute atomic E-state index is 0.230. The maximum Gasteiger partial charge on any atom is 0.337 e. The Hall–Kier alpha value is -1.46. The monoisotopic (exact) mass is 303 g/mol. The van der Waals surface area contributed by atoms with Crippen molar-refractivity contribution in [2.24, 2.45) is 0 Å². The standard InChI is InChI=1S/C12H15Cl2N3O2/c1-2-3-4-11(18)16-17-12(19)15-8-5-6-9(13)10(14)7-8/h5-7H,2-4H2,1H3,(H,16,18)(H2,15,17,19).